The van der Waals surface area contributed by atoms with Crippen molar-refractivity contribution in [3.63, 3.8) is 0 Å². The van der Waals surface area contributed by atoms with Crippen molar-refractivity contribution in [3.05, 3.63) is 101 Å². The van der Waals surface area contributed by atoms with E-state index in [0.29, 0.717) is 11.8 Å². The van der Waals surface area contributed by atoms with Crippen LogP contribution < -0.4 is 4.90 Å². The summed E-state index contributed by atoms with van der Waals surface area (Å²) >= 11 is 0. The van der Waals surface area contributed by atoms with Crippen molar-refractivity contribution in [1.29, 1.82) is 0 Å². The first kappa shape index (κ1) is 20.9. The number of hydrogen-bond acceptors (Lipinski definition) is 3. The molecule has 1 spiro atoms. The highest BCUT2D eigenvalue weighted by atomic mass is 16.7. The first-order valence-electron chi connectivity index (χ1n) is 12.5. The Morgan fingerprint density at radius 1 is 0.818 bits per heavy atom. The fourth-order valence-corrected chi connectivity index (χ4v) is 6.20. The molecule has 2 aliphatic heterocycles. The zero-order chi connectivity index (χ0) is 22.3. The number of nitrogens with zero attached hydrogens (tertiary/aromatic N) is 1. The van der Waals surface area contributed by atoms with Crippen molar-refractivity contribution in [2.75, 3.05) is 31.2 Å². The number of benzene rings is 3. The molecule has 3 aliphatic rings. The van der Waals surface area contributed by atoms with Gasteiger partial charge in [0.1, 0.15) is 0 Å². The fraction of sp³-hybridized carbons (Fsp3) is 0.400. The van der Waals surface area contributed by atoms with Crippen LogP contribution in [0, 0.1) is 6.92 Å². The molecule has 3 nitrogen and oxygen atoms in total. The minimum Gasteiger partial charge on any atom is -0.371 e. The zero-order valence-electron chi connectivity index (χ0n) is 19.5. The SMILES string of the molecule is Cc1ccc2c(c1)CC[C@H](c1ccccc1)[C@@H]2c1ccc(N2CCC3(CC2)OCCO3)cc1. The molecular weight excluding hydrogens is 406 g/mol. The van der Waals surface area contributed by atoms with Gasteiger partial charge in [0.15, 0.2) is 5.79 Å². The van der Waals surface area contributed by atoms with E-state index in [1.165, 1.54) is 39.9 Å². The molecule has 0 radical (unpaired) electrons. The Kier molecular flexibility index (Phi) is 5.48. The van der Waals surface area contributed by atoms with Gasteiger partial charge in [-0.15, -0.1) is 0 Å². The molecule has 2 atom stereocenters. The standard InChI is InChI=1S/C30H33NO2/c1-22-7-13-28-25(21-22)10-14-27(23-5-3-2-4-6-23)29(28)24-8-11-26(12-9-24)31-17-15-30(16-18-31)32-19-20-33-30/h2-9,11-13,21,27,29H,10,14-20H2,1H3/t27-,29+/m1/s1. The summed E-state index contributed by atoms with van der Waals surface area (Å²) in [7, 11) is 0. The molecule has 0 N–H and O–H groups in total. The maximum Gasteiger partial charge on any atom is 0.171 e. The third kappa shape index (κ3) is 3.98. The molecule has 1 aliphatic carbocycles. The van der Waals surface area contributed by atoms with Gasteiger partial charge >= 0.3 is 0 Å². The van der Waals surface area contributed by atoms with Crippen LogP contribution in [-0.2, 0) is 15.9 Å². The van der Waals surface area contributed by atoms with Crippen LogP contribution in [0.5, 0.6) is 0 Å². The summed E-state index contributed by atoms with van der Waals surface area (Å²) in [6.07, 6.45) is 4.24. The summed E-state index contributed by atoms with van der Waals surface area (Å²) in [6.45, 7) is 5.64. The number of fused-ring (bicyclic) bond motifs is 1. The molecule has 2 fully saturated rings. The van der Waals surface area contributed by atoms with Gasteiger partial charge in [-0.25, -0.2) is 0 Å². The smallest absolute Gasteiger partial charge is 0.171 e. The van der Waals surface area contributed by atoms with Gasteiger partial charge in [0.05, 0.1) is 13.2 Å². The monoisotopic (exact) mass is 439 g/mol. The molecule has 0 bridgehead atoms. The van der Waals surface area contributed by atoms with Gasteiger partial charge in [-0.1, -0.05) is 66.2 Å². The molecular formula is C30H33NO2. The predicted octanol–water partition coefficient (Wildman–Crippen LogP) is 6.20. The molecule has 0 unspecified atom stereocenters. The second-order valence-electron chi connectivity index (χ2n) is 9.92. The van der Waals surface area contributed by atoms with E-state index < -0.39 is 0 Å². The summed E-state index contributed by atoms with van der Waals surface area (Å²) in [5, 5.41) is 0. The van der Waals surface area contributed by atoms with E-state index in [1.807, 2.05) is 0 Å². The molecule has 33 heavy (non-hydrogen) atoms. The van der Waals surface area contributed by atoms with Crippen LogP contribution in [0.25, 0.3) is 0 Å². The Balaban J connectivity index is 1.29. The Bertz CT molecular complexity index is 1090. The number of ether oxygens (including phenoxy) is 2. The van der Waals surface area contributed by atoms with Crippen molar-refractivity contribution < 1.29 is 9.47 Å². The number of hydrogen-bond donors (Lipinski definition) is 0. The van der Waals surface area contributed by atoms with Crippen molar-refractivity contribution in [3.8, 4) is 0 Å². The van der Waals surface area contributed by atoms with Crippen LogP contribution in [0.15, 0.2) is 72.8 Å². The number of piperidine rings is 1. The van der Waals surface area contributed by atoms with Crippen LogP contribution in [0.4, 0.5) is 5.69 Å². The van der Waals surface area contributed by atoms with Crippen LogP contribution in [0.3, 0.4) is 0 Å². The number of aryl methyl sites for hydroxylation is 2. The Morgan fingerprint density at radius 3 is 2.27 bits per heavy atom. The lowest BCUT2D eigenvalue weighted by Crippen LogP contribution is -2.45. The van der Waals surface area contributed by atoms with E-state index in [0.717, 1.165) is 45.6 Å². The normalized spacial score (nSPS) is 24.1. The molecule has 3 aromatic rings. The van der Waals surface area contributed by atoms with Crippen molar-refractivity contribution in [2.24, 2.45) is 0 Å². The lowest BCUT2D eigenvalue weighted by Gasteiger charge is -2.39. The van der Waals surface area contributed by atoms with E-state index in [2.05, 4.69) is 84.6 Å². The molecule has 3 heteroatoms. The molecule has 0 amide bonds. The minimum absolute atomic E-state index is 0.316. The van der Waals surface area contributed by atoms with E-state index in [9.17, 15) is 0 Å². The first-order chi connectivity index (χ1) is 16.2. The molecule has 0 aromatic heterocycles. The largest absolute Gasteiger partial charge is 0.371 e. The molecule has 2 heterocycles. The second kappa shape index (κ2) is 8.62. The molecule has 0 saturated carbocycles. The molecule has 3 aromatic carbocycles. The van der Waals surface area contributed by atoms with Gasteiger partial charge in [0.2, 0.25) is 0 Å². The van der Waals surface area contributed by atoms with Gasteiger partial charge < -0.3 is 14.4 Å². The highest BCUT2D eigenvalue weighted by Gasteiger charge is 2.40. The maximum atomic E-state index is 5.91. The van der Waals surface area contributed by atoms with E-state index >= 15 is 0 Å². The number of anilines is 1. The topological polar surface area (TPSA) is 21.7 Å². The van der Waals surface area contributed by atoms with Gasteiger partial charge in [-0.3, -0.25) is 0 Å². The highest BCUT2D eigenvalue weighted by molar-refractivity contribution is 5.52. The van der Waals surface area contributed by atoms with Crippen LogP contribution >= 0.6 is 0 Å². The van der Waals surface area contributed by atoms with Crippen molar-refractivity contribution in [2.45, 2.75) is 50.2 Å². The van der Waals surface area contributed by atoms with Gasteiger partial charge in [-0.05, 0) is 60.1 Å². The van der Waals surface area contributed by atoms with E-state index in [4.69, 9.17) is 9.47 Å². The van der Waals surface area contributed by atoms with E-state index in [1.54, 1.807) is 0 Å². The van der Waals surface area contributed by atoms with Gasteiger partial charge in [0, 0.05) is 37.5 Å². The maximum absolute atomic E-state index is 5.91. The second-order valence-corrected chi connectivity index (χ2v) is 9.92. The average Bonchev–Trinajstić information content (AvgIpc) is 3.32. The number of rotatable bonds is 3. The summed E-state index contributed by atoms with van der Waals surface area (Å²) in [4.78, 5) is 2.48. The highest BCUT2D eigenvalue weighted by Crippen LogP contribution is 2.46. The Morgan fingerprint density at radius 2 is 1.55 bits per heavy atom. The van der Waals surface area contributed by atoms with Crippen LogP contribution in [-0.4, -0.2) is 32.1 Å². The molecule has 6 rings (SSSR count). The predicted molar refractivity (Wildman–Crippen MR) is 133 cm³/mol. The Hall–Kier alpha value is -2.62. The summed E-state index contributed by atoms with van der Waals surface area (Å²) in [6, 6.07) is 27.6. The van der Waals surface area contributed by atoms with Crippen molar-refractivity contribution >= 4 is 5.69 Å². The quantitative estimate of drug-likeness (QED) is 0.485. The zero-order valence-corrected chi connectivity index (χ0v) is 19.5. The lowest BCUT2D eigenvalue weighted by atomic mass is 9.69. The molecule has 170 valence electrons. The van der Waals surface area contributed by atoms with Crippen LogP contribution in [0.1, 0.15) is 58.9 Å². The Labute approximate surface area is 197 Å². The third-order valence-corrected chi connectivity index (χ3v) is 7.94. The average molecular weight is 440 g/mol. The fourth-order valence-electron chi connectivity index (χ4n) is 6.20. The lowest BCUT2D eigenvalue weighted by molar-refractivity contribution is -0.169. The summed E-state index contributed by atoms with van der Waals surface area (Å²) in [5.41, 5.74) is 8.57. The minimum atomic E-state index is -0.316. The summed E-state index contributed by atoms with van der Waals surface area (Å²) < 4.78 is 11.8. The molecule has 2 saturated heterocycles. The van der Waals surface area contributed by atoms with Gasteiger partial charge in [0.25, 0.3) is 0 Å². The third-order valence-electron chi connectivity index (χ3n) is 7.94. The van der Waals surface area contributed by atoms with Crippen LogP contribution in [0.2, 0.25) is 0 Å². The first-order valence-corrected chi connectivity index (χ1v) is 12.5. The van der Waals surface area contributed by atoms with Gasteiger partial charge in [-0.2, -0.15) is 0 Å². The van der Waals surface area contributed by atoms with E-state index in [-0.39, 0.29) is 5.79 Å². The van der Waals surface area contributed by atoms with Crippen molar-refractivity contribution in [1.82, 2.24) is 0 Å². The summed E-state index contributed by atoms with van der Waals surface area (Å²) in [5.74, 6) is 0.595.